The molecule has 0 saturated carbocycles. The Bertz CT molecular complexity index is 1010. The summed E-state index contributed by atoms with van der Waals surface area (Å²) in [7, 11) is 0. The average molecular weight is 468 g/mol. The number of likely N-dealkylation sites (tertiary alicyclic amines) is 1. The number of hydrogen-bond donors (Lipinski definition) is 2. The fraction of sp³-hybridized carbons (Fsp3) is 0.409. The third-order valence-corrected chi connectivity index (χ3v) is 6.66. The standard InChI is InChI=1S/C22H23F3N2O4S/c1-12(2)10-21(20(26)31)11-15(19(29)30)17(16-4-3-9-32-16)27(21)18(28)13-5-7-14(8-6-13)22(23,24)25/h3-9,12,15,17H,10-11H2,1-2H3,(H2,26,31)(H,29,30)/t15-,17+,21-/m0/s1. The summed E-state index contributed by atoms with van der Waals surface area (Å²) in [6.45, 7) is 3.64. The third kappa shape index (κ3) is 4.23. The summed E-state index contributed by atoms with van der Waals surface area (Å²) < 4.78 is 38.9. The van der Waals surface area contributed by atoms with Crippen molar-refractivity contribution in [2.75, 3.05) is 0 Å². The van der Waals surface area contributed by atoms with Crippen LogP contribution in [0.25, 0.3) is 0 Å². The predicted molar refractivity (Wildman–Crippen MR) is 112 cm³/mol. The van der Waals surface area contributed by atoms with Gasteiger partial charge in [-0.25, -0.2) is 0 Å². The van der Waals surface area contributed by atoms with Crippen molar-refractivity contribution in [3.63, 3.8) is 0 Å². The van der Waals surface area contributed by atoms with Crippen molar-refractivity contribution in [2.24, 2.45) is 17.6 Å². The Balaban J connectivity index is 2.17. The fourth-order valence-electron chi connectivity index (χ4n) is 4.47. The zero-order valence-corrected chi connectivity index (χ0v) is 18.2. The maximum absolute atomic E-state index is 13.6. The minimum absolute atomic E-state index is 0.0834. The molecule has 1 aromatic heterocycles. The number of halogens is 3. The molecule has 6 nitrogen and oxygen atoms in total. The van der Waals surface area contributed by atoms with Gasteiger partial charge in [0.15, 0.2) is 0 Å². The van der Waals surface area contributed by atoms with Gasteiger partial charge in [0, 0.05) is 10.4 Å². The molecule has 32 heavy (non-hydrogen) atoms. The van der Waals surface area contributed by atoms with Crippen molar-refractivity contribution >= 4 is 29.1 Å². The predicted octanol–water partition coefficient (Wildman–Crippen LogP) is 4.33. The second-order valence-electron chi connectivity index (χ2n) is 8.35. The van der Waals surface area contributed by atoms with Gasteiger partial charge in [-0.15, -0.1) is 11.3 Å². The first kappa shape index (κ1) is 23.8. The number of carboxylic acid groups (broad SMARTS) is 1. The largest absolute Gasteiger partial charge is 0.481 e. The van der Waals surface area contributed by atoms with E-state index in [0.29, 0.717) is 4.88 Å². The van der Waals surface area contributed by atoms with Gasteiger partial charge in [-0.2, -0.15) is 13.2 Å². The van der Waals surface area contributed by atoms with E-state index in [4.69, 9.17) is 5.73 Å². The number of carbonyl (C=O) groups excluding carboxylic acids is 2. The Morgan fingerprint density at radius 3 is 2.28 bits per heavy atom. The number of benzene rings is 1. The van der Waals surface area contributed by atoms with E-state index < -0.39 is 47.0 Å². The van der Waals surface area contributed by atoms with Crippen LogP contribution in [0.2, 0.25) is 0 Å². The number of carbonyl (C=O) groups is 3. The number of amides is 2. The first-order chi connectivity index (χ1) is 14.9. The average Bonchev–Trinajstić information content (AvgIpc) is 3.33. The van der Waals surface area contributed by atoms with Crippen LogP contribution in [0.5, 0.6) is 0 Å². The van der Waals surface area contributed by atoms with Gasteiger partial charge in [0.25, 0.3) is 5.91 Å². The number of rotatable bonds is 6. The molecule has 0 bridgehead atoms. The van der Waals surface area contributed by atoms with Crippen LogP contribution in [-0.2, 0) is 15.8 Å². The molecule has 1 aliphatic rings. The van der Waals surface area contributed by atoms with Crippen LogP contribution in [0.4, 0.5) is 13.2 Å². The monoisotopic (exact) mass is 468 g/mol. The zero-order chi connectivity index (χ0) is 23.8. The Labute approximate surface area is 186 Å². The molecule has 0 unspecified atom stereocenters. The maximum atomic E-state index is 13.6. The van der Waals surface area contributed by atoms with Crippen molar-refractivity contribution in [3.05, 3.63) is 57.8 Å². The van der Waals surface area contributed by atoms with E-state index in [1.54, 1.807) is 17.5 Å². The highest BCUT2D eigenvalue weighted by Crippen LogP contribution is 2.51. The molecule has 3 rings (SSSR count). The van der Waals surface area contributed by atoms with Gasteiger partial charge >= 0.3 is 12.1 Å². The smallest absolute Gasteiger partial charge is 0.416 e. The second-order valence-corrected chi connectivity index (χ2v) is 9.33. The highest BCUT2D eigenvalue weighted by atomic mass is 32.1. The molecular formula is C22H23F3N2O4S. The Hall–Kier alpha value is -2.88. The number of hydrogen-bond acceptors (Lipinski definition) is 4. The van der Waals surface area contributed by atoms with Crippen molar-refractivity contribution < 1.29 is 32.7 Å². The molecule has 10 heteroatoms. The van der Waals surface area contributed by atoms with E-state index in [1.165, 1.54) is 16.2 Å². The number of thiophene rings is 1. The molecular weight excluding hydrogens is 445 g/mol. The number of nitrogens with two attached hydrogens (primary N) is 1. The van der Waals surface area contributed by atoms with E-state index in [0.717, 1.165) is 24.3 Å². The van der Waals surface area contributed by atoms with Crippen molar-refractivity contribution in [1.82, 2.24) is 4.90 Å². The lowest BCUT2D eigenvalue weighted by molar-refractivity contribution is -0.142. The Morgan fingerprint density at radius 1 is 1.22 bits per heavy atom. The molecule has 2 aromatic rings. The maximum Gasteiger partial charge on any atom is 0.416 e. The summed E-state index contributed by atoms with van der Waals surface area (Å²) in [5.74, 6) is -3.96. The normalized spacial score (nSPS) is 23.5. The zero-order valence-electron chi connectivity index (χ0n) is 17.4. The highest BCUT2D eigenvalue weighted by molar-refractivity contribution is 7.10. The van der Waals surface area contributed by atoms with Gasteiger partial charge in [0.2, 0.25) is 5.91 Å². The number of aliphatic carboxylic acids is 1. The number of alkyl halides is 3. The molecule has 1 aromatic carbocycles. The SMILES string of the molecule is CC(C)C[C@@]1(C(N)=O)C[C@H](C(=O)O)[C@H](c2cccs2)N1C(=O)c1ccc(C(F)(F)F)cc1. The van der Waals surface area contributed by atoms with Crippen LogP contribution >= 0.6 is 11.3 Å². The Morgan fingerprint density at radius 2 is 1.84 bits per heavy atom. The second kappa shape index (κ2) is 8.57. The van der Waals surface area contributed by atoms with Gasteiger partial charge in [-0.3, -0.25) is 14.4 Å². The number of nitrogens with zero attached hydrogens (tertiary/aromatic N) is 1. The lowest BCUT2D eigenvalue weighted by atomic mass is 9.83. The molecule has 3 atom stereocenters. The van der Waals surface area contributed by atoms with Crippen LogP contribution in [-0.4, -0.2) is 33.3 Å². The van der Waals surface area contributed by atoms with Crippen LogP contribution < -0.4 is 5.73 Å². The van der Waals surface area contributed by atoms with E-state index in [9.17, 15) is 32.7 Å². The molecule has 0 spiro atoms. The summed E-state index contributed by atoms with van der Waals surface area (Å²) >= 11 is 1.24. The quantitative estimate of drug-likeness (QED) is 0.659. The summed E-state index contributed by atoms with van der Waals surface area (Å²) in [6.07, 6.45) is -4.62. The number of primary amides is 1. The third-order valence-electron chi connectivity index (χ3n) is 5.71. The molecule has 1 aliphatic heterocycles. The van der Waals surface area contributed by atoms with E-state index in [1.807, 2.05) is 13.8 Å². The number of carboxylic acids is 1. The molecule has 172 valence electrons. The summed E-state index contributed by atoms with van der Waals surface area (Å²) in [5, 5.41) is 11.6. The van der Waals surface area contributed by atoms with E-state index in [-0.39, 0.29) is 24.3 Å². The molecule has 1 saturated heterocycles. The first-order valence-corrected chi connectivity index (χ1v) is 10.8. The van der Waals surface area contributed by atoms with Crippen LogP contribution in [0.3, 0.4) is 0 Å². The van der Waals surface area contributed by atoms with Gasteiger partial charge in [0.05, 0.1) is 17.5 Å². The van der Waals surface area contributed by atoms with Crippen molar-refractivity contribution in [2.45, 2.75) is 44.4 Å². The topological polar surface area (TPSA) is 101 Å². The minimum atomic E-state index is -4.57. The van der Waals surface area contributed by atoms with Crippen LogP contribution in [0, 0.1) is 11.8 Å². The van der Waals surface area contributed by atoms with E-state index in [2.05, 4.69) is 0 Å². The lowest BCUT2D eigenvalue weighted by Gasteiger charge is -2.40. The van der Waals surface area contributed by atoms with E-state index >= 15 is 0 Å². The van der Waals surface area contributed by atoms with Crippen molar-refractivity contribution in [3.8, 4) is 0 Å². The van der Waals surface area contributed by atoms with Gasteiger partial charge in [-0.05, 0) is 54.5 Å². The molecule has 1 fully saturated rings. The summed E-state index contributed by atoms with van der Waals surface area (Å²) in [6, 6.07) is 6.03. The molecule has 0 aliphatic carbocycles. The summed E-state index contributed by atoms with van der Waals surface area (Å²) in [5.41, 5.74) is 3.18. The van der Waals surface area contributed by atoms with Crippen molar-refractivity contribution in [1.29, 1.82) is 0 Å². The van der Waals surface area contributed by atoms with Crippen LogP contribution in [0.15, 0.2) is 41.8 Å². The first-order valence-electron chi connectivity index (χ1n) is 9.95. The molecule has 0 radical (unpaired) electrons. The molecule has 3 N–H and O–H groups in total. The lowest BCUT2D eigenvalue weighted by Crippen LogP contribution is -2.57. The highest BCUT2D eigenvalue weighted by Gasteiger charge is 2.60. The minimum Gasteiger partial charge on any atom is -0.481 e. The van der Waals surface area contributed by atoms with Gasteiger partial charge in [0.1, 0.15) is 5.54 Å². The van der Waals surface area contributed by atoms with Gasteiger partial charge in [-0.1, -0.05) is 19.9 Å². The van der Waals surface area contributed by atoms with Gasteiger partial charge < -0.3 is 15.7 Å². The summed E-state index contributed by atoms with van der Waals surface area (Å²) in [4.78, 5) is 40.3. The fourth-order valence-corrected chi connectivity index (χ4v) is 5.35. The Kier molecular flexibility index (Phi) is 6.37. The molecule has 2 amide bonds. The molecule has 2 heterocycles. The van der Waals surface area contributed by atoms with Crippen LogP contribution in [0.1, 0.15) is 53.5 Å².